The van der Waals surface area contributed by atoms with Gasteiger partial charge in [-0.1, -0.05) is 16.8 Å². The summed E-state index contributed by atoms with van der Waals surface area (Å²) in [5.74, 6) is -1.39. The van der Waals surface area contributed by atoms with E-state index in [4.69, 9.17) is 21.2 Å². The van der Waals surface area contributed by atoms with Crippen LogP contribution in [0, 0.1) is 12.8 Å². The minimum absolute atomic E-state index is 0.287. The molecule has 0 unspecified atom stereocenters. The van der Waals surface area contributed by atoms with Crippen molar-refractivity contribution in [1.82, 2.24) is 9.78 Å². The molecule has 8 nitrogen and oxygen atoms in total. The van der Waals surface area contributed by atoms with Crippen LogP contribution in [-0.2, 0) is 21.5 Å². The van der Waals surface area contributed by atoms with Gasteiger partial charge in [0, 0.05) is 23.8 Å². The monoisotopic (exact) mass is 374 g/mol. The standard InChI is InChI=1S/C17H15ClN4O4/c1-8-10(7-21(2)19-8)14-13-15(26-20-14)17(24)22(16(13)23)11-6-9(18)4-5-12(11)25-3/h4-7,13,15H,1-3H3/t13-,15+/m0/s1. The molecule has 0 aliphatic carbocycles. The van der Waals surface area contributed by atoms with Crippen molar-refractivity contribution < 1.29 is 19.2 Å². The number of amides is 2. The van der Waals surface area contributed by atoms with Gasteiger partial charge in [-0.3, -0.25) is 14.3 Å². The number of hydrogen-bond donors (Lipinski definition) is 0. The predicted molar refractivity (Wildman–Crippen MR) is 93.3 cm³/mol. The SMILES string of the molecule is COc1ccc(Cl)cc1N1C(=O)[C@H]2C(c3cn(C)nc3C)=NO[C@H]2C1=O. The smallest absolute Gasteiger partial charge is 0.279 e. The van der Waals surface area contributed by atoms with Crippen molar-refractivity contribution in [3.05, 3.63) is 40.7 Å². The van der Waals surface area contributed by atoms with E-state index < -0.39 is 23.8 Å². The van der Waals surface area contributed by atoms with Crippen molar-refractivity contribution in [2.45, 2.75) is 13.0 Å². The number of ether oxygens (including phenoxy) is 1. The molecule has 1 aromatic heterocycles. The summed E-state index contributed by atoms with van der Waals surface area (Å²) in [6.45, 7) is 1.81. The van der Waals surface area contributed by atoms with Crippen LogP contribution in [0.15, 0.2) is 29.6 Å². The predicted octanol–water partition coefficient (Wildman–Crippen LogP) is 1.68. The molecule has 0 radical (unpaired) electrons. The first kappa shape index (κ1) is 16.6. The van der Waals surface area contributed by atoms with E-state index >= 15 is 0 Å². The Kier molecular flexibility index (Phi) is 3.73. The summed E-state index contributed by atoms with van der Waals surface area (Å²) in [4.78, 5) is 32.3. The average Bonchev–Trinajstić information content (AvgIpc) is 3.23. The van der Waals surface area contributed by atoms with Gasteiger partial charge >= 0.3 is 0 Å². The molecule has 4 rings (SSSR count). The zero-order chi connectivity index (χ0) is 18.6. The second kappa shape index (κ2) is 5.84. The molecule has 9 heteroatoms. The molecule has 0 spiro atoms. The number of halogens is 1. The largest absolute Gasteiger partial charge is 0.495 e. The summed E-state index contributed by atoms with van der Waals surface area (Å²) in [6, 6.07) is 4.74. The Balaban J connectivity index is 1.76. The fourth-order valence-electron chi connectivity index (χ4n) is 3.33. The highest BCUT2D eigenvalue weighted by molar-refractivity contribution is 6.34. The van der Waals surface area contributed by atoms with Gasteiger partial charge in [0.1, 0.15) is 17.4 Å². The van der Waals surface area contributed by atoms with Gasteiger partial charge in [0.25, 0.3) is 5.91 Å². The Morgan fingerprint density at radius 1 is 1.27 bits per heavy atom. The van der Waals surface area contributed by atoms with Crippen molar-refractivity contribution >= 4 is 34.8 Å². The van der Waals surface area contributed by atoms with Crippen LogP contribution in [0.3, 0.4) is 0 Å². The number of oxime groups is 1. The van der Waals surface area contributed by atoms with Crippen LogP contribution in [0.2, 0.25) is 5.02 Å². The topological polar surface area (TPSA) is 86.0 Å². The van der Waals surface area contributed by atoms with Crippen LogP contribution in [0.5, 0.6) is 5.75 Å². The third kappa shape index (κ3) is 2.29. The van der Waals surface area contributed by atoms with Crippen molar-refractivity contribution in [2.24, 2.45) is 18.1 Å². The summed E-state index contributed by atoms with van der Waals surface area (Å²) in [5.41, 5.74) is 2.08. The van der Waals surface area contributed by atoms with Gasteiger partial charge < -0.3 is 9.57 Å². The molecule has 0 bridgehead atoms. The minimum atomic E-state index is -0.999. The van der Waals surface area contributed by atoms with Gasteiger partial charge in [0.05, 0.1) is 18.5 Å². The Labute approximate surface area is 153 Å². The van der Waals surface area contributed by atoms with Crippen molar-refractivity contribution in [3.63, 3.8) is 0 Å². The summed E-state index contributed by atoms with van der Waals surface area (Å²) in [7, 11) is 3.23. The molecule has 2 aromatic rings. The molecular weight excluding hydrogens is 360 g/mol. The molecule has 1 saturated heterocycles. The van der Waals surface area contributed by atoms with Crippen LogP contribution in [-0.4, -0.2) is 40.5 Å². The lowest BCUT2D eigenvalue weighted by molar-refractivity contribution is -0.126. The Hall–Kier alpha value is -2.87. The van der Waals surface area contributed by atoms with Crippen LogP contribution in [0.1, 0.15) is 11.3 Å². The van der Waals surface area contributed by atoms with Crippen molar-refractivity contribution in [1.29, 1.82) is 0 Å². The molecule has 1 fully saturated rings. The lowest BCUT2D eigenvalue weighted by Crippen LogP contribution is -2.33. The average molecular weight is 375 g/mol. The van der Waals surface area contributed by atoms with Gasteiger partial charge in [-0.05, 0) is 25.1 Å². The maximum Gasteiger partial charge on any atom is 0.279 e. The number of carbonyl (C=O) groups is 2. The number of rotatable bonds is 3. The van der Waals surface area contributed by atoms with Crippen LogP contribution in [0.25, 0.3) is 0 Å². The number of aryl methyl sites for hydroxylation is 2. The maximum atomic E-state index is 13.1. The number of imide groups is 1. The fourth-order valence-corrected chi connectivity index (χ4v) is 3.49. The molecule has 2 aliphatic heterocycles. The van der Waals surface area contributed by atoms with Crippen LogP contribution >= 0.6 is 11.6 Å². The number of carbonyl (C=O) groups excluding carboxylic acids is 2. The van der Waals surface area contributed by atoms with Crippen LogP contribution in [0.4, 0.5) is 5.69 Å². The first-order chi connectivity index (χ1) is 12.4. The van der Waals surface area contributed by atoms with E-state index in [1.807, 2.05) is 6.92 Å². The summed E-state index contributed by atoms with van der Waals surface area (Å²) >= 11 is 6.05. The van der Waals surface area contributed by atoms with E-state index in [-0.39, 0.29) is 5.69 Å². The Bertz CT molecular complexity index is 968. The number of hydrogen-bond acceptors (Lipinski definition) is 6. The van der Waals surface area contributed by atoms with Gasteiger partial charge in [-0.15, -0.1) is 0 Å². The first-order valence-corrected chi connectivity index (χ1v) is 8.26. The van der Waals surface area contributed by atoms with E-state index in [2.05, 4.69) is 10.3 Å². The quantitative estimate of drug-likeness (QED) is 0.763. The van der Waals surface area contributed by atoms with Gasteiger partial charge in [0.2, 0.25) is 12.0 Å². The number of benzene rings is 1. The second-order valence-corrected chi connectivity index (χ2v) is 6.55. The third-order valence-corrected chi connectivity index (χ3v) is 4.72. The molecule has 26 heavy (non-hydrogen) atoms. The fraction of sp³-hybridized carbons (Fsp3) is 0.294. The normalized spacial score (nSPS) is 21.7. The highest BCUT2D eigenvalue weighted by Gasteiger charge is 2.57. The lowest BCUT2D eigenvalue weighted by atomic mass is 9.94. The summed E-state index contributed by atoms with van der Waals surface area (Å²) in [5, 5.41) is 8.64. The molecule has 3 heterocycles. The first-order valence-electron chi connectivity index (χ1n) is 7.88. The highest BCUT2D eigenvalue weighted by Crippen LogP contribution is 2.40. The minimum Gasteiger partial charge on any atom is -0.495 e. The van der Waals surface area contributed by atoms with E-state index in [9.17, 15) is 9.59 Å². The number of anilines is 1. The van der Waals surface area contributed by atoms with Gasteiger partial charge in [-0.2, -0.15) is 5.10 Å². The number of fused-ring (bicyclic) bond motifs is 1. The molecule has 0 N–H and O–H groups in total. The van der Waals surface area contributed by atoms with E-state index in [1.54, 1.807) is 30.1 Å². The maximum absolute atomic E-state index is 13.1. The molecule has 134 valence electrons. The van der Waals surface area contributed by atoms with Gasteiger partial charge in [0.15, 0.2) is 0 Å². The Morgan fingerprint density at radius 3 is 2.69 bits per heavy atom. The van der Waals surface area contributed by atoms with Crippen LogP contribution < -0.4 is 9.64 Å². The van der Waals surface area contributed by atoms with E-state index in [1.165, 1.54) is 13.2 Å². The molecule has 2 amide bonds. The third-order valence-electron chi connectivity index (χ3n) is 4.48. The molecule has 2 atom stereocenters. The number of nitrogens with zero attached hydrogens (tertiary/aromatic N) is 4. The Morgan fingerprint density at radius 2 is 2.04 bits per heavy atom. The highest BCUT2D eigenvalue weighted by atomic mass is 35.5. The lowest BCUT2D eigenvalue weighted by Gasteiger charge is -2.18. The zero-order valence-corrected chi connectivity index (χ0v) is 15.0. The second-order valence-electron chi connectivity index (χ2n) is 6.11. The molecular formula is C17H15ClN4O4. The summed E-state index contributed by atoms with van der Waals surface area (Å²) < 4.78 is 6.90. The molecule has 1 aromatic carbocycles. The zero-order valence-electron chi connectivity index (χ0n) is 14.3. The van der Waals surface area contributed by atoms with Crippen molar-refractivity contribution in [2.75, 3.05) is 12.0 Å². The molecule has 2 aliphatic rings. The van der Waals surface area contributed by atoms with Crippen molar-refractivity contribution in [3.8, 4) is 5.75 Å². The van der Waals surface area contributed by atoms with E-state index in [0.717, 1.165) is 4.90 Å². The molecule has 0 saturated carbocycles. The summed E-state index contributed by atoms with van der Waals surface area (Å²) in [6.07, 6.45) is 0.751. The van der Waals surface area contributed by atoms with E-state index in [0.29, 0.717) is 27.7 Å². The number of aromatic nitrogens is 2. The van der Waals surface area contributed by atoms with Gasteiger partial charge in [-0.25, -0.2) is 4.90 Å². The number of methoxy groups -OCH3 is 1.